The van der Waals surface area contributed by atoms with E-state index in [9.17, 15) is 0 Å². The minimum absolute atomic E-state index is 0.271. The van der Waals surface area contributed by atoms with Gasteiger partial charge in [0.25, 0.3) is 0 Å². The Morgan fingerprint density at radius 1 is 0.938 bits per heavy atom. The summed E-state index contributed by atoms with van der Waals surface area (Å²) < 4.78 is 11.2. The molecule has 0 atom stereocenters. The largest absolute Gasteiger partial charge is 0.450 e. The zero-order valence-corrected chi connectivity index (χ0v) is 9.55. The van der Waals surface area contributed by atoms with Gasteiger partial charge in [-0.15, -0.1) is 11.8 Å². The Labute approximate surface area is 95.6 Å². The number of hydrogen-bond donors (Lipinski definition) is 0. The Bertz CT molecular complexity index is 487. The molecule has 0 saturated heterocycles. The average Bonchev–Trinajstić information content (AvgIpc) is 2.64. The molecule has 1 aromatic rings. The summed E-state index contributed by atoms with van der Waals surface area (Å²) in [5.41, 5.74) is 1.70. The van der Waals surface area contributed by atoms with Crippen LogP contribution in [0.25, 0.3) is 0 Å². The summed E-state index contributed by atoms with van der Waals surface area (Å²) in [5.74, 6) is 13.1. The Morgan fingerprint density at radius 2 is 1.38 bits per heavy atom. The molecule has 0 spiro atoms. The summed E-state index contributed by atoms with van der Waals surface area (Å²) in [5, 5.41) is 0. The van der Waals surface area contributed by atoms with Crippen LogP contribution in [0.15, 0.2) is 12.1 Å². The van der Waals surface area contributed by atoms with Crippen LogP contribution < -0.4 is 9.47 Å². The molecule has 2 heteroatoms. The summed E-state index contributed by atoms with van der Waals surface area (Å²) in [6.45, 7) is 5.45. The second kappa shape index (κ2) is 4.21. The van der Waals surface area contributed by atoms with Gasteiger partial charge in [-0.05, 0) is 26.0 Å². The first-order valence-electron chi connectivity index (χ1n) is 5.12. The molecule has 2 rings (SSSR count). The lowest BCUT2D eigenvalue weighted by Crippen LogP contribution is -2.11. The first kappa shape index (κ1) is 10.5. The van der Waals surface area contributed by atoms with E-state index in [1.54, 1.807) is 13.8 Å². The van der Waals surface area contributed by atoms with Crippen LogP contribution in [-0.2, 0) is 0 Å². The van der Waals surface area contributed by atoms with Crippen LogP contribution in [0.2, 0.25) is 0 Å². The highest BCUT2D eigenvalue weighted by Crippen LogP contribution is 2.40. The van der Waals surface area contributed by atoms with Gasteiger partial charge in [0.1, 0.15) is 0 Å². The summed E-state index contributed by atoms with van der Waals surface area (Å²) >= 11 is 0. The van der Waals surface area contributed by atoms with Gasteiger partial charge in [0.05, 0.1) is 11.1 Å². The molecular formula is C14H12O2. The van der Waals surface area contributed by atoms with Crippen LogP contribution in [0, 0.1) is 23.7 Å². The second-order valence-corrected chi connectivity index (χ2v) is 3.37. The molecule has 1 heterocycles. The van der Waals surface area contributed by atoms with Gasteiger partial charge in [-0.25, -0.2) is 0 Å². The maximum atomic E-state index is 5.58. The molecule has 80 valence electrons. The SMILES string of the molecule is CC#Cc1ccc(C#CC)c2c1OC(C)O2. The van der Waals surface area contributed by atoms with Crippen LogP contribution in [0.5, 0.6) is 11.5 Å². The highest BCUT2D eigenvalue weighted by atomic mass is 16.7. The lowest BCUT2D eigenvalue weighted by molar-refractivity contribution is 0.0676. The Balaban J connectivity index is 2.59. The molecule has 0 fully saturated rings. The molecule has 0 aromatic heterocycles. The van der Waals surface area contributed by atoms with Gasteiger partial charge >= 0.3 is 0 Å². The standard InChI is InChI=1S/C14H12O2/c1-4-6-11-8-9-12(7-5-2)14-13(11)15-10(3)16-14/h8-10H,1-3H3. The zero-order valence-electron chi connectivity index (χ0n) is 9.55. The summed E-state index contributed by atoms with van der Waals surface area (Å²) in [4.78, 5) is 0. The quantitative estimate of drug-likeness (QED) is 0.615. The molecule has 2 nitrogen and oxygen atoms in total. The van der Waals surface area contributed by atoms with E-state index in [0.29, 0.717) is 11.5 Å². The fraction of sp³-hybridized carbons (Fsp3) is 0.286. The van der Waals surface area contributed by atoms with E-state index in [-0.39, 0.29) is 6.29 Å². The third kappa shape index (κ3) is 1.71. The molecular weight excluding hydrogens is 200 g/mol. The van der Waals surface area contributed by atoms with E-state index in [1.807, 2.05) is 19.1 Å². The maximum absolute atomic E-state index is 5.58. The third-order valence-corrected chi connectivity index (χ3v) is 2.20. The van der Waals surface area contributed by atoms with Gasteiger partial charge in [0, 0.05) is 6.92 Å². The monoisotopic (exact) mass is 212 g/mol. The summed E-state index contributed by atoms with van der Waals surface area (Å²) in [6, 6.07) is 3.83. The second-order valence-electron chi connectivity index (χ2n) is 3.37. The van der Waals surface area contributed by atoms with E-state index in [4.69, 9.17) is 9.47 Å². The fourth-order valence-corrected chi connectivity index (χ4v) is 1.62. The van der Waals surface area contributed by atoms with Crippen LogP contribution in [0.4, 0.5) is 0 Å². The molecule has 0 saturated carbocycles. The maximum Gasteiger partial charge on any atom is 0.238 e. The molecule has 0 amide bonds. The highest BCUT2D eigenvalue weighted by molar-refractivity contribution is 5.63. The average molecular weight is 212 g/mol. The van der Waals surface area contributed by atoms with Crippen molar-refractivity contribution in [3.05, 3.63) is 23.3 Å². The van der Waals surface area contributed by atoms with Crippen molar-refractivity contribution in [1.82, 2.24) is 0 Å². The van der Waals surface area contributed by atoms with Crippen LogP contribution in [-0.4, -0.2) is 6.29 Å². The lowest BCUT2D eigenvalue weighted by atomic mass is 10.1. The van der Waals surface area contributed by atoms with E-state index < -0.39 is 0 Å². The van der Waals surface area contributed by atoms with Crippen molar-refractivity contribution in [2.24, 2.45) is 0 Å². The third-order valence-electron chi connectivity index (χ3n) is 2.20. The predicted molar refractivity (Wildman–Crippen MR) is 62.3 cm³/mol. The fourth-order valence-electron chi connectivity index (χ4n) is 1.62. The van der Waals surface area contributed by atoms with Crippen molar-refractivity contribution in [2.75, 3.05) is 0 Å². The summed E-state index contributed by atoms with van der Waals surface area (Å²) in [6.07, 6.45) is -0.271. The molecule has 0 bridgehead atoms. The van der Waals surface area contributed by atoms with Crippen molar-refractivity contribution in [1.29, 1.82) is 0 Å². The smallest absolute Gasteiger partial charge is 0.238 e. The normalized spacial score (nSPS) is 12.4. The molecule has 1 aromatic carbocycles. The summed E-state index contributed by atoms with van der Waals surface area (Å²) in [7, 11) is 0. The number of fused-ring (bicyclic) bond motifs is 1. The highest BCUT2D eigenvalue weighted by Gasteiger charge is 2.25. The van der Waals surface area contributed by atoms with Crippen LogP contribution in [0.3, 0.4) is 0 Å². The molecule has 16 heavy (non-hydrogen) atoms. The van der Waals surface area contributed by atoms with Crippen molar-refractivity contribution in [2.45, 2.75) is 27.1 Å². The molecule has 1 aliphatic rings. The number of rotatable bonds is 0. The van der Waals surface area contributed by atoms with E-state index in [1.165, 1.54) is 0 Å². The van der Waals surface area contributed by atoms with Gasteiger partial charge in [0.15, 0.2) is 11.5 Å². The Hall–Kier alpha value is -2.06. The first-order valence-corrected chi connectivity index (χ1v) is 5.12. The van der Waals surface area contributed by atoms with E-state index >= 15 is 0 Å². The van der Waals surface area contributed by atoms with Gasteiger partial charge in [0.2, 0.25) is 6.29 Å². The number of ether oxygens (including phenoxy) is 2. The zero-order chi connectivity index (χ0) is 11.5. The predicted octanol–water partition coefficient (Wildman–Crippen LogP) is 2.55. The van der Waals surface area contributed by atoms with Crippen molar-refractivity contribution in [3.8, 4) is 35.2 Å². The van der Waals surface area contributed by atoms with Gasteiger partial charge in [-0.1, -0.05) is 11.8 Å². The van der Waals surface area contributed by atoms with E-state index in [2.05, 4.69) is 23.7 Å². The topological polar surface area (TPSA) is 18.5 Å². The molecule has 0 aliphatic carbocycles. The van der Waals surface area contributed by atoms with Gasteiger partial charge < -0.3 is 9.47 Å². The first-order chi connectivity index (χ1) is 7.76. The Morgan fingerprint density at radius 3 is 1.75 bits per heavy atom. The molecule has 0 radical (unpaired) electrons. The van der Waals surface area contributed by atoms with Crippen LogP contribution >= 0.6 is 0 Å². The molecule has 1 aliphatic heterocycles. The van der Waals surface area contributed by atoms with Crippen molar-refractivity contribution >= 4 is 0 Å². The lowest BCUT2D eigenvalue weighted by Gasteiger charge is -2.01. The minimum Gasteiger partial charge on any atom is -0.450 e. The molecule has 0 N–H and O–H groups in total. The number of benzene rings is 1. The molecule has 0 unspecified atom stereocenters. The van der Waals surface area contributed by atoms with Crippen molar-refractivity contribution < 1.29 is 9.47 Å². The van der Waals surface area contributed by atoms with Gasteiger partial charge in [-0.3, -0.25) is 0 Å². The van der Waals surface area contributed by atoms with E-state index in [0.717, 1.165) is 11.1 Å². The Kier molecular flexibility index (Phi) is 2.75. The number of hydrogen-bond acceptors (Lipinski definition) is 2. The van der Waals surface area contributed by atoms with Crippen molar-refractivity contribution in [3.63, 3.8) is 0 Å². The minimum atomic E-state index is -0.271. The van der Waals surface area contributed by atoms with Crippen LogP contribution in [0.1, 0.15) is 31.9 Å². The van der Waals surface area contributed by atoms with Gasteiger partial charge in [-0.2, -0.15) is 0 Å².